The van der Waals surface area contributed by atoms with E-state index in [0.29, 0.717) is 0 Å². The fourth-order valence-corrected chi connectivity index (χ4v) is 0.889. The monoisotopic (exact) mass is 187 g/mol. The highest BCUT2D eigenvalue weighted by Crippen LogP contribution is 1.98. The Morgan fingerprint density at radius 1 is 1.44 bits per heavy atom. The van der Waals surface area contributed by atoms with Crippen molar-refractivity contribution in [2.75, 3.05) is 5.33 Å². The van der Waals surface area contributed by atoms with E-state index in [-0.39, 0.29) is 0 Å². The molecule has 0 aliphatic carbocycles. The van der Waals surface area contributed by atoms with Gasteiger partial charge in [-0.15, -0.1) is 0 Å². The fourth-order valence-electron chi connectivity index (χ4n) is 0.493. The van der Waals surface area contributed by atoms with Crippen LogP contribution in [-0.4, -0.2) is 5.33 Å². The standard InChI is InChI=1S/C7H10BrN/c8-6-4-2-1-3-5-7-9/h3,5H,1-2,4,6H2. The molecule has 2 heteroatoms. The lowest BCUT2D eigenvalue weighted by Crippen LogP contribution is -1.72. The summed E-state index contributed by atoms with van der Waals surface area (Å²) in [6.45, 7) is 0. The molecule has 0 rings (SSSR count). The highest BCUT2D eigenvalue weighted by atomic mass is 79.9. The lowest BCUT2D eigenvalue weighted by molar-refractivity contribution is 0.827. The molecule has 0 radical (unpaired) electrons. The maximum absolute atomic E-state index is 8.08. The van der Waals surface area contributed by atoms with Gasteiger partial charge < -0.3 is 0 Å². The lowest BCUT2D eigenvalue weighted by atomic mass is 10.2. The zero-order chi connectivity index (χ0) is 6.95. The largest absolute Gasteiger partial charge is 0.193 e. The van der Waals surface area contributed by atoms with Gasteiger partial charge in [0.1, 0.15) is 0 Å². The van der Waals surface area contributed by atoms with Crippen LogP contribution in [0.15, 0.2) is 12.2 Å². The molecule has 0 saturated carbocycles. The lowest BCUT2D eigenvalue weighted by Gasteiger charge is -1.87. The van der Waals surface area contributed by atoms with Gasteiger partial charge in [0.15, 0.2) is 0 Å². The van der Waals surface area contributed by atoms with Crippen molar-refractivity contribution >= 4 is 15.9 Å². The molecule has 0 saturated heterocycles. The molecule has 0 atom stereocenters. The molecule has 0 heterocycles. The van der Waals surface area contributed by atoms with Crippen molar-refractivity contribution in [2.24, 2.45) is 0 Å². The first kappa shape index (κ1) is 8.71. The van der Waals surface area contributed by atoms with E-state index < -0.39 is 0 Å². The number of halogens is 1. The Labute approximate surface area is 64.5 Å². The topological polar surface area (TPSA) is 23.8 Å². The van der Waals surface area contributed by atoms with E-state index in [4.69, 9.17) is 5.26 Å². The van der Waals surface area contributed by atoms with E-state index in [1.807, 2.05) is 12.1 Å². The Bertz CT molecular complexity index is 113. The molecular weight excluding hydrogens is 178 g/mol. The fraction of sp³-hybridized carbons (Fsp3) is 0.571. The minimum atomic E-state index is 1.03. The third-order valence-electron chi connectivity index (χ3n) is 0.947. The van der Waals surface area contributed by atoms with Crippen LogP contribution in [0.4, 0.5) is 0 Å². The number of hydrogen-bond acceptors (Lipinski definition) is 1. The minimum Gasteiger partial charge on any atom is -0.193 e. The molecule has 0 amide bonds. The van der Waals surface area contributed by atoms with Crippen LogP contribution in [0.1, 0.15) is 19.3 Å². The Hall–Kier alpha value is -0.290. The first-order valence-electron chi connectivity index (χ1n) is 3.02. The molecule has 0 aromatic rings. The summed E-state index contributed by atoms with van der Waals surface area (Å²) in [5.74, 6) is 0. The van der Waals surface area contributed by atoms with Gasteiger partial charge in [-0.25, -0.2) is 0 Å². The second kappa shape index (κ2) is 7.71. The smallest absolute Gasteiger partial charge is 0.0908 e. The Morgan fingerprint density at radius 2 is 2.22 bits per heavy atom. The molecule has 0 aromatic carbocycles. The average molecular weight is 188 g/mol. The molecule has 0 unspecified atom stereocenters. The van der Waals surface area contributed by atoms with E-state index in [1.165, 1.54) is 18.9 Å². The molecule has 50 valence electrons. The quantitative estimate of drug-likeness (QED) is 0.378. The van der Waals surface area contributed by atoms with Gasteiger partial charge in [0.25, 0.3) is 0 Å². The number of alkyl halides is 1. The third kappa shape index (κ3) is 7.71. The van der Waals surface area contributed by atoms with Crippen molar-refractivity contribution < 1.29 is 0 Å². The number of unbranched alkanes of at least 4 members (excludes halogenated alkanes) is 2. The van der Waals surface area contributed by atoms with Crippen molar-refractivity contribution in [3.63, 3.8) is 0 Å². The molecule has 0 aliphatic heterocycles. The van der Waals surface area contributed by atoms with Gasteiger partial charge in [-0.2, -0.15) is 5.26 Å². The van der Waals surface area contributed by atoms with Gasteiger partial charge in [0, 0.05) is 11.4 Å². The summed E-state index contributed by atoms with van der Waals surface area (Å²) in [5.41, 5.74) is 0. The van der Waals surface area contributed by atoms with Crippen LogP contribution in [0.5, 0.6) is 0 Å². The van der Waals surface area contributed by atoms with Crippen molar-refractivity contribution in [1.29, 1.82) is 5.26 Å². The highest BCUT2D eigenvalue weighted by molar-refractivity contribution is 9.09. The maximum Gasteiger partial charge on any atom is 0.0908 e. The molecule has 0 N–H and O–H groups in total. The van der Waals surface area contributed by atoms with Gasteiger partial charge in [-0.05, 0) is 19.3 Å². The van der Waals surface area contributed by atoms with Crippen LogP contribution in [0.3, 0.4) is 0 Å². The van der Waals surface area contributed by atoms with Crippen molar-refractivity contribution in [3.8, 4) is 6.07 Å². The Morgan fingerprint density at radius 3 is 2.78 bits per heavy atom. The highest BCUT2D eigenvalue weighted by Gasteiger charge is 1.80. The third-order valence-corrected chi connectivity index (χ3v) is 1.51. The molecular formula is C7H10BrN. The normalized spacial score (nSPS) is 9.78. The SMILES string of the molecule is N#CC=CCCCCBr. The van der Waals surface area contributed by atoms with Gasteiger partial charge in [0.2, 0.25) is 0 Å². The molecule has 0 aromatic heterocycles. The zero-order valence-corrected chi connectivity index (χ0v) is 6.89. The van der Waals surface area contributed by atoms with Crippen LogP contribution >= 0.6 is 15.9 Å². The summed E-state index contributed by atoms with van der Waals surface area (Å²) < 4.78 is 0. The van der Waals surface area contributed by atoms with E-state index in [2.05, 4.69) is 15.9 Å². The number of nitriles is 1. The Kier molecular flexibility index (Phi) is 7.46. The van der Waals surface area contributed by atoms with E-state index >= 15 is 0 Å². The predicted molar refractivity (Wildman–Crippen MR) is 42.4 cm³/mol. The summed E-state index contributed by atoms with van der Waals surface area (Å²) in [6.07, 6.45) is 6.83. The summed E-state index contributed by atoms with van der Waals surface area (Å²) >= 11 is 3.33. The van der Waals surface area contributed by atoms with Crippen LogP contribution < -0.4 is 0 Å². The van der Waals surface area contributed by atoms with Crippen molar-refractivity contribution in [1.82, 2.24) is 0 Å². The summed E-state index contributed by atoms with van der Waals surface area (Å²) in [5, 5.41) is 9.14. The molecule has 0 aliphatic rings. The van der Waals surface area contributed by atoms with Crippen molar-refractivity contribution in [3.05, 3.63) is 12.2 Å². The second-order valence-corrected chi connectivity index (χ2v) is 2.51. The Balaban J connectivity index is 2.93. The van der Waals surface area contributed by atoms with Crippen molar-refractivity contribution in [2.45, 2.75) is 19.3 Å². The minimum absolute atomic E-state index is 1.03. The molecule has 9 heavy (non-hydrogen) atoms. The molecule has 0 fully saturated rings. The van der Waals surface area contributed by atoms with Gasteiger partial charge >= 0.3 is 0 Å². The van der Waals surface area contributed by atoms with E-state index in [1.54, 1.807) is 0 Å². The summed E-state index contributed by atoms with van der Waals surface area (Å²) in [4.78, 5) is 0. The number of nitrogens with zero attached hydrogens (tertiary/aromatic N) is 1. The number of allylic oxidation sites excluding steroid dienone is 2. The van der Waals surface area contributed by atoms with Crippen LogP contribution in [0.2, 0.25) is 0 Å². The van der Waals surface area contributed by atoms with Gasteiger partial charge in [-0.3, -0.25) is 0 Å². The van der Waals surface area contributed by atoms with Crippen LogP contribution in [0, 0.1) is 11.3 Å². The molecule has 0 spiro atoms. The summed E-state index contributed by atoms with van der Waals surface area (Å²) in [7, 11) is 0. The maximum atomic E-state index is 8.08. The van der Waals surface area contributed by atoms with E-state index in [9.17, 15) is 0 Å². The first-order chi connectivity index (χ1) is 4.41. The molecule has 0 bridgehead atoms. The summed E-state index contributed by atoms with van der Waals surface area (Å²) in [6, 6.07) is 1.95. The number of hydrogen-bond donors (Lipinski definition) is 0. The number of rotatable bonds is 4. The predicted octanol–water partition coefficient (Wildman–Crippen LogP) is 2.63. The van der Waals surface area contributed by atoms with Gasteiger partial charge in [0.05, 0.1) is 6.07 Å². The first-order valence-corrected chi connectivity index (χ1v) is 4.14. The van der Waals surface area contributed by atoms with Gasteiger partial charge in [-0.1, -0.05) is 22.0 Å². The molecule has 1 nitrogen and oxygen atoms in total. The zero-order valence-electron chi connectivity index (χ0n) is 5.31. The van der Waals surface area contributed by atoms with Crippen LogP contribution in [-0.2, 0) is 0 Å². The van der Waals surface area contributed by atoms with Crippen LogP contribution in [0.25, 0.3) is 0 Å². The second-order valence-electron chi connectivity index (χ2n) is 1.72. The average Bonchev–Trinajstić information content (AvgIpc) is 1.89. The van der Waals surface area contributed by atoms with E-state index in [0.717, 1.165) is 11.8 Å².